The van der Waals surface area contributed by atoms with Crippen LogP contribution in [0.5, 0.6) is 17.2 Å². The minimum absolute atomic E-state index is 0.0411. The molecule has 3 aromatic rings. The fourth-order valence-corrected chi connectivity index (χ4v) is 2.95. The van der Waals surface area contributed by atoms with Crippen molar-refractivity contribution in [3.63, 3.8) is 0 Å². The highest BCUT2D eigenvalue weighted by Crippen LogP contribution is 2.39. The minimum Gasteiger partial charge on any atom is -0.455 e. The van der Waals surface area contributed by atoms with Crippen molar-refractivity contribution in [2.75, 3.05) is 0 Å². The molecule has 0 aromatic heterocycles. The topological polar surface area (TPSA) is 61.8 Å². The van der Waals surface area contributed by atoms with Gasteiger partial charge in [0.05, 0.1) is 0 Å². The molecule has 0 N–H and O–H groups in total. The summed E-state index contributed by atoms with van der Waals surface area (Å²) >= 11 is 0. The number of carbonyl (C=O) groups excluding carboxylic acids is 2. The van der Waals surface area contributed by atoms with Crippen LogP contribution < -0.4 is 14.2 Å². The molecule has 0 spiro atoms. The van der Waals surface area contributed by atoms with Crippen molar-refractivity contribution in [1.82, 2.24) is 0 Å². The Hall–Kier alpha value is -4.26. The third-order valence-electron chi connectivity index (χ3n) is 4.52. The van der Waals surface area contributed by atoms with Gasteiger partial charge in [0, 0.05) is 16.5 Å². The van der Waals surface area contributed by atoms with Crippen LogP contribution in [0.2, 0.25) is 0 Å². The van der Waals surface area contributed by atoms with Gasteiger partial charge in [-0.3, -0.25) is 0 Å². The van der Waals surface area contributed by atoms with Crippen molar-refractivity contribution >= 4 is 22.7 Å². The summed E-state index contributed by atoms with van der Waals surface area (Å²) in [5.41, 5.74) is 1.72. The Balaban J connectivity index is 2.11. The SMILES string of the molecule is C=C(C)C(=O)Oc1ccc(-c2ccc(OC(=O)C(=C)C)c3ccccc23)cc1OC=C(F)F. The number of rotatable bonds is 7. The molecule has 3 aromatic carbocycles. The predicted molar refractivity (Wildman–Crippen MR) is 121 cm³/mol. The fourth-order valence-electron chi connectivity index (χ4n) is 2.95. The van der Waals surface area contributed by atoms with Crippen LogP contribution in [0, 0.1) is 0 Å². The molecule has 0 heterocycles. The first-order chi connectivity index (χ1) is 15.7. The van der Waals surface area contributed by atoms with Gasteiger partial charge in [-0.05, 0) is 48.6 Å². The summed E-state index contributed by atoms with van der Waals surface area (Å²) in [7, 11) is 0. The maximum absolute atomic E-state index is 12.6. The second-order valence-electron chi connectivity index (χ2n) is 7.18. The van der Waals surface area contributed by atoms with Gasteiger partial charge < -0.3 is 14.2 Å². The maximum atomic E-state index is 12.6. The lowest BCUT2D eigenvalue weighted by molar-refractivity contribution is -0.130. The van der Waals surface area contributed by atoms with Gasteiger partial charge in [0.25, 0.3) is 0 Å². The number of ether oxygens (including phenoxy) is 3. The molecule has 0 aliphatic heterocycles. The Bertz CT molecular complexity index is 1300. The van der Waals surface area contributed by atoms with Gasteiger partial charge in [0.2, 0.25) is 0 Å². The Morgan fingerprint density at radius 3 is 1.97 bits per heavy atom. The van der Waals surface area contributed by atoms with Crippen molar-refractivity contribution in [2.24, 2.45) is 0 Å². The summed E-state index contributed by atoms with van der Waals surface area (Å²) in [6.07, 6.45) is -1.79. The first kappa shape index (κ1) is 23.4. The second-order valence-corrected chi connectivity index (χ2v) is 7.18. The quantitative estimate of drug-likeness (QED) is 0.176. The normalized spacial score (nSPS) is 10.3. The van der Waals surface area contributed by atoms with E-state index in [1.54, 1.807) is 37.3 Å². The van der Waals surface area contributed by atoms with Crippen LogP contribution in [-0.2, 0) is 9.59 Å². The second kappa shape index (κ2) is 9.91. The van der Waals surface area contributed by atoms with Crippen LogP contribution in [0.1, 0.15) is 13.8 Å². The third-order valence-corrected chi connectivity index (χ3v) is 4.52. The number of hydrogen-bond acceptors (Lipinski definition) is 5. The van der Waals surface area contributed by atoms with Crippen molar-refractivity contribution in [2.45, 2.75) is 13.8 Å². The first-order valence-corrected chi connectivity index (χ1v) is 9.76. The first-order valence-electron chi connectivity index (χ1n) is 9.76. The van der Waals surface area contributed by atoms with Gasteiger partial charge in [-0.25, -0.2) is 9.59 Å². The van der Waals surface area contributed by atoms with Crippen molar-refractivity contribution in [1.29, 1.82) is 0 Å². The molecule has 0 saturated heterocycles. The van der Waals surface area contributed by atoms with Gasteiger partial charge in [0.1, 0.15) is 5.75 Å². The molecule has 168 valence electrons. The maximum Gasteiger partial charge on any atom is 0.338 e. The zero-order valence-corrected chi connectivity index (χ0v) is 18.0. The molecule has 7 heteroatoms. The van der Waals surface area contributed by atoms with E-state index in [0.29, 0.717) is 22.3 Å². The molecular weight excluding hydrogens is 430 g/mol. The molecule has 0 bridgehead atoms. The van der Waals surface area contributed by atoms with E-state index in [2.05, 4.69) is 13.2 Å². The molecule has 0 aliphatic rings. The summed E-state index contributed by atoms with van der Waals surface area (Å²) in [5.74, 6) is -1.04. The highest BCUT2D eigenvalue weighted by molar-refractivity contribution is 6.02. The zero-order chi connectivity index (χ0) is 24.1. The van der Waals surface area contributed by atoms with E-state index in [9.17, 15) is 18.4 Å². The highest BCUT2D eigenvalue weighted by Gasteiger charge is 2.16. The molecule has 0 saturated carbocycles. The number of fused-ring (bicyclic) bond motifs is 1. The standard InChI is InChI=1S/C26H20F2O5/c1-15(2)25(29)32-21-12-10-18(19-7-5-6-8-20(19)21)17-9-11-22(33-26(30)16(3)4)23(13-17)31-14-24(27)28/h5-14H,1,3H2,2,4H3. The average molecular weight is 450 g/mol. The molecule has 33 heavy (non-hydrogen) atoms. The van der Waals surface area contributed by atoms with Gasteiger partial charge in [-0.15, -0.1) is 0 Å². The summed E-state index contributed by atoms with van der Waals surface area (Å²) in [6, 6.07) is 15.2. The lowest BCUT2D eigenvalue weighted by atomic mass is 9.97. The molecule has 0 radical (unpaired) electrons. The van der Waals surface area contributed by atoms with E-state index >= 15 is 0 Å². The largest absolute Gasteiger partial charge is 0.455 e. The summed E-state index contributed by atoms with van der Waals surface area (Å²) < 4.78 is 41.0. The molecule has 0 atom stereocenters. The number of carbonyl (C=O) groups is 2. The van der Waals surface area contributed by atoms with Crippen LogP contribution in [0.3, 0.4) is 0 Å². The van der Waals surface area contributed by atoms with Crippen molar-refractivity contribution in [3.05, 3.63) is 91.2 Å². The van der Waals surface area contributed by atoms with E-state index < -0.39 is 18.0 Å². The summed E-state index contributed by atoms with van der Waals surface area (Å²) in [5, 5.41) is 1.41. The number of benzene rings is 3. The summed E-state index contributed by atoms with van der Waals surface area (Å²) in [4.78, 5) is 23.9. The Morgan fingerprint density at radius 2 is 1.36 bits per heavy atom. The van der Waals surface area contributed by atoms with E-state index in [1.807, 2.05) is 12.1 Å². The molecular formula is C26H20F2O5. The monoisotopic (exact) mass is 450 g/mol. The lowest BCUT2D eigenvalue weighted by Gasteiger charge is -2.14. The highest BCUT2D eigenvalue weighted by atomic mass is 19.3. The molecule has 0 fully saturated rings. The van der Waals surface area contributed by atoms with E-state index in [0.717, 1.165) is 5.39 Å². The minimum atomic E-state index is -2.05. The number of halogens is 2. The van der Waals surface area contributed by atoms with Gasteiger partial charge in [-0.2, -0.15) is 8.78 Å². The van der Waals surface area contributed by atoms with E-state index in [4.69, 9.17) is 14.2 Å². The fraction of sp³-hybridized carbons (Fsp3) is 0.0769. The van der Waals surface area contributed by atoms with E-state index in [1.165, 1.54) is 19.1 Å². The van der Waals surface area contributed by atoms with Crippen LogP contribution in [0.25, 0.3) is 21.9 Å². The molecule has 5 nitrogen and oxygen atoms in total. The number of hydrogen-bond donors (Lipinski definition) is 0. The smallest absolute Gasteiger partial charge is 0.338 e. The van der Waals surface area contributed by atoms with Crippen molar-refractivity contribution < 1.29 is 32.6 Å². The van der Waals surface area contributed by atoms with Gasteiger partial charge in [0.15, 0.2) is 17.8 Å². The van der Waals surface area contributed by atoms with Crippen LogP contribution in [0.4, 0.5) is 8.78 Å². The summed E-state index contributed by atoms with van der Waals surface area (Å²) in [6.45, 7) is 10.1. The molecule has 0 unspecified atom stereocenters. The van der Waals surface area contributed by atoms with Gasteiger partial charge >= 0.3 is 18.0 Å². The number of esters is 2. The average Bonchev–Trinajstić information content (AvgIpc) is 2.78. The van der Waals surface area contributed by atoms with Crippen LogP contribution in [-0.4, -0.2) is 11.9 Å². The Morgan fingerprint density at radius 1 is 0.788 bits per heavy atom. The lowest BCUT2D eigenvalue weighted by Crippen LogP contribution is -2.09. The predicted octanol–water partition coefficient (Wildman–Crippen LogP) is 6.59. The van der Waals surface area contributed by atoms with E-state index in [-0.39, 0.29) is 28.9 Å². The zero-order valence-electron chi connectivity index (χ0n) is 18.0. The molecule has 0 aliphatic carbocycles. The van der Waals surface area contributed by atoms with Gasteiger partial charge in [-0.1, -0.05) is 49.6 Å². The Labute approximate surface area is 189 Å². The van der Waals surface area contributed by atoms with Crippen molar-refractivity contribution in [3.8, 4) is 28.4 Å². The molecule has 0 amide bonds. The molecule has 3 rings (SSSR count). The van der Waals surface area contributed by atoms with Crippen LogP contribution >= 0.6 is 0 Å². The Kier molecular flexibility index (Phi) is 7.03. The van der Waals surface area contributed by atoms with Crippen LogP contribution in [0.15, 0.2) is 91.2 Å². The third kappa shape index (κ3) is 5.51.